The summed E-state index contributed by atoms with van der Waals surface area (Å²) in [6.07, 6.45) is 3.50. The van der Waals surface area contributed by atoms with Crippen molar-refractivity contribution >= 4 is 16.1 Å². The molecule has 0 radical (unpaired) electrons. The standard InChI is InChI=1S/C16H22F2O7S/c17-16(18,26(20,21)22)7-25-15(19)9-2-11-8-1-13(12(11)3-9)14(4-8)24-6-10-5-23-10/h8-14H,1-7H2,(H,20,21,22)/p-1. The van der Waals surface area contributed by atoms with E-state index in [1.54, 1.807) is 0 Å². The van der Waals surface area contributed by atoms with Crippen LogP contribution in [0.15, 0.2) is 0 Å². The van der Waals surface area contributed by atoms with Crippen molar-refractivity contribution in [2.45, 2.75) is 43.1 Å². The molecule has 7 unspecified atom stereocenters. The topological polar surface area (TPSA) is 105 Å². The Hall–Kier alpha value is -0.840. The molecule has 1 saturated heterocycles. The van der Waals surface area contributed by atoms with Crippen LogP contribution in [0.5, 0.6) is 0 Å². The van der Waals surface area contributed by atoms with Crippen LogP contribution in [0.4, 0.5) is 8.78 Å². The number of carbonyl (C=O) groups excluding carboxylic acids is 1. The second kappa shape index (κ2) is 6.35. The summed E-state index contributed by atoms with van der Waals surface area (Å²) in [5.41, 5.74) is 0. The van der Waals surface area contributed by atoms with Gasteiger partial charge in [0, 0.05) is 0 Å². The third-order valence-electron chi connectivity index (χ3n) is 6.39. The number of epoxide rings is 1. The lowest BCUT2D eigenvalue weighted by atomic mass is 9.80. The third-order valence-corrected chi connectivity index (χ3v) is 7.24. The van der Waals surface area contributed by atoms with Crippen LogP contribution in [0.25, 0.3) is 0 Å². The minimum atomic E-state index is -5.85. The molecule has 7 nitrogen and oxygen atoms in total. The molecule has 1 heterocycles. The van der Waals surface area contributed by atoms with Crippen molar-refractivity contribution in [3.05, 3.63) is 0 Å². The highest BCUT2D eigenvalue weighted by Crippen LogP contribution is 2.61. The molecular formula is C16H21F2O7S-. The average Bonchev–Trinajstić information content (AvgIpc) is 3.00. The van der Waals surface area contributed by atoms with E-state index in [-0.39, 0.29) is 12.2 Å². The second-order valence-corrected chi connectivity index (χ2v) is 9.42. The van der Waals surface area contributed by atoms with E-state index in [2.05, 4.69) is 4.74 Å². The summed E-state index contributed by atoms with van der Waals surface area (Å²) in [6.45, 7) is -0.385. The van der Waals surface area contributed by atoms with Crippen molar-refractivity contribution in [3.8, 4) is 0 Å². The molecule has 0 aromatic rings. The van der Waals surface area contributed by atoms with Crippen LogP contribution in [0.3, 0.4) is 0 Å². The molecule has 4 aliphatic rings. The van der Waals surface area contributed by atoms with Crippen molar-refractivity contribution in [1.82, 2.24) is 0 Å². The van der Waals surface area contributed by atoms with E-state index in [1.807, 2.05) is 0 Å². The zero-order valence-corrected chi connectivity index (χ0v) is 14.8. The van der Waals surface area contributed by atoms with Crippen LogP contribution in [0.2, 0.25) is 0 Å². The maximum atomic E-state index is 13.1. The Morgan fingerprint density at radius 3 is 2.50 bits per heavy atom. The Labute approximate surface area is 150 Å². The van der Waals surface area contributed by atoms with E-state index in [9.17, 15) is 26.5 Å². The lowest BCUT2D eigenvalue weighted by molar-refractivity contribution is -0.154. The fourth-order valence-corrected chi connectivity index (χ4v) is 5.34. The lowest BCUT2D eigenvalue weighted by Crippen LogP contribution is -2.35. The number of rotatable bonds is 7. The van der Waals surface area contributed by atoms with Gasteiger partial charge in [-0.05, 0) is 49.4 Å². The molecule has 10 heteroatoms. The Kier molecular flexibility index (Phi) is 4.53. The van der Waals surface area contributed by atoms with Crippen molar-refractivity contribution in [2.24, 2.45) is 29.6 Å². The number of alkyl halides is 2. The van der Waals surface area contributed by atoms with E-state index < -0.39 is 33.9 Å². The minimum absolute atomic E-state index is 0.162. The first kappa shape index (κ1) is 18.5. The molecular weight excluding hydrogens is 374 g/mol. The molecule has 3 aliphatic carbocycles. The van der Waals surface area contributed by atoms with E-state index in [4.69, 9.17) is 9.47 Å². The van der Waals surface area contributed by atoms with Crippen LogP contribution < -0.4 is 0 Å². The van der Waals surface area contributed by atoms with Gasteiger partial charge in [0.15, 0.2) is 16.7 Å². The van der Waals surface area contributed by atoms with Gasteiger partial charge in [0.1, 0.15) is 6.10 Å². The van der Waals surface area contributed by atoms with Crippen molar-refractivity contribution in [3.63, 3.8) is 0 Å². The number of halogens is 2. The molecule has 4 rings (SSSR count). The summed E-state index contributed by atoms with van der Waals surface area (Å²) in [4.78, 5) is 12.1. The van der Waals surface area contributed by atoms with Gasteiger partial charge in [-0.1, -0.05) is 0 Å². The number of fused-ring (bicyclic) bond motifs is 5. The maximum absolute atomic E-state index is 13.1. The quantitative estimate of drug-likeness (QED) is 0.361. The SMILES string of the molecule is O=C(OCC(F)(F)S(=O)(=O)[O-])C1CC2C3CC(OCC4CO4)C(C3)C2C1. The Morgan fingerprint density at radius 1 is 1.15 bits per heavy atom. The minimum Gasteiger partial charge on any atom is -0.743 e. The molecule has 3 saturated carbocycles. The summed E-state index contributed by atoms with van der Waals surface area (Å²) < 4.78 is 73.3. The highest BCUT2D eigenvalue weighted by Gasteiger charge is 2.57. The fourth-order valence-electron chi connectivity index (χ4n) is 5.13. The van der Waals surface area contributed by atoms with Crippen LogP contribution >= 0.6 is 0 Å². The van der Waals surface area contributed by atoms with Gasteiger partial charge in [-0.3, -0.25) is 4.79 Å². The first-order chi connectivity index (χ1) is 12.2. The molecule has 148 valence electrons. The van der Waals surface area contributed by atoms with E-state index in [1.165, 1.54) is 0 Å². The monoisotopic (exact) mass is 395 g/mol. The molecule has 0 N–H and O–H groups in total. The number of hydrogen-bond acceptors (Lipinski definition) is 7. The average molecular weight is 395 g/mol. The van der Waals surface area contributed by atoms with Gasteiger partial charge in [-0.25, -0.2) is 8.42 Å². The van der Waals surface area contributed by atoms with Gasteiger partial charge in [-0.2, -0.15) is 8.78 Å². The van der Waals surface area contributed by atoms with Crippen LogP contribution in [-0.4, -0.2) is 56.2 Å². The van der Waals surface area contributed by atoms with Gasteiger partial charge in [-0.15, -0.1) is 0 Å². The van der Waals surface area contributed by atoms with Crippen LogP contribution in [-0.2, 0) is 29.1 Å². The zero-order chi connectivity index (χ0) is 18.7. The summed E-state index contributed by atoms with van der Waals surface area (Å²) in [5, 5.41) is -4.60. The highest BCUT2D eigenvalue weighted by molar-refractivity contribution is 7.86. The van der Waals surface area contributed by atoms with Crippen LogP contribution in [0, 0.1) is 29.6 Å². The van der Waals surface area contributed by atoms with Crippen LogP contribution in [0.1, 0.15) is 25.7 Å². The Balaban J connectivity index is 1.30. The summed E-state index contributed by atoms with van der Waals surface area (Å²) in [6, 6.07) is 0. The van der Waals surface area contributed by atoms with Gasteiger partial charge in [0.25, 0.3) is 0 Å². The highest BCUT2D eigenvalue weighted by atomic mass is 32.2. The lowest BCUT2D eigenvalue weighted by Gasteiger charge is -2.31. The molecule has 0 aromatic carbocycles. The van der Waals surface area contributed by atoms with Crippen molar-refractivity contribution < 1.29 is 40.8 Å². The number of hydrogen-bond donors (Lipinski definition) is 0. The molecule has 7 atom stereocenters. The molecule has 4 fully saturated rings. The number of esters is 1. The first-order valence-electron chi connectivity index (χ1n) is 8.89. The third kappa shape index (κ3) is 3.36. The fraction of sp³-hybridized carbons (Fsp3) is 0.938. The number of carbonyl (C=O) groups is 1. The molecule has 0 spiro atoms. The normalized spacial score (nSPS) is 41.3. The maximum Gasteiger partial charge on any atom is 0.367 e. The zero-order valence-electron chi connectivity index (χ0n) is 14.0. The summed E-state index contributed by atoms with van der Waals surface area (Å²) in [7, 11) is -5.85. The van der Waals surface area contributed by atoms with E-state index >= 15 is 0 Å². The second-order valence-electron chi connectivity index (χ2n) is 7.92. The van der Waals surface area contributed by atoms with Crippen molar-refractivity contribution in [1.29, 1.82) is 0 Å². The molecule has 2 bridgehead atoms. The summed E-state index contributed by atoms with van der Waals surface area (Å²) >= 11 is 0. The largest absolute Gasteiger partial charge is 0.743 e. The Bertz CT molecular complexity index is 678. The van der Waals surface area contributed by atoms with Crippen molar-refractivity contribution in [2.75, 3.05) is 19.8 Å². The van der Waals surface area contributed by atoms with E-state index in [0.717, 1.165) is 19.4 Å². The molecule has 0 aromatic heterocycles. The predicted molar refractivity (Wildman–Crippen MR) is 81.0 cm³/mol. The number of ether oxygens (including phenoxy) is 3. The van der Waals surface area contributed by atoms with Gasteiger partial charge in [0.2, 0.25) is 0 Å². The first-order valence-corrected chi connectivity index (χ1v) is 10.3. The van der Waals surface area contributed by atoms with Gasteiger partial charge in [0.05, 0.1) is 25.2 Å². The summed E-state index contributed by atoms with van der Waals surface area (Å²) in [5.74, 6) is 0.136. The predicted octanol–water partition coefficient (Wildman–Crippen LogP) is 1.13. The van der Waals surface area contributed by atoms with Gasteiger partial charge < -0.3 is 18.8 Å². The molecule has 1 aliphatic heterocycles. The molecule has 26 heavy (non-hydrogen) atoms. The van der Waals surface area contributed by atoms with Gasteiger partial charge >= 0.3 is 11.2 Å². The smallest absolute Gasteiger partial charge is 0.367 e. The Morgan fingerprint density at radius 2 is 1.85 bits per heavy atom. The van der Waals surface area contributed by atoms with E-state index in [0.29, 0.717) is 43.1 Å². The molecule has 0 amide bonds.